The van der Waals surface area contributed by atoms with Gasteiger partial charge in [-0.15, -0.1) is 0 Å². The van der Waals surface area contributed by atoms with Gasteiger partial charge in [0.05, 0.1) is 11.3 Å². The van der Waals surface area contributed by atoms with Crippen molar-refractivity contribution in [1.29, 1.82) is 0 Å². The highest BCUT2D eigenvalue weighted by Crippen LogP contribution is 2.23. The van der Waals surface area contributed by atoms with Gasteiger partial charge >= 0.3 is 0 Å². The van der Waals surface area contributed by atoms with Crippen LogP contribution in [0.1, 0.15) is 0 Å². The Morgan fingerprint density at radius 1 is 1.00 bits per heavy atom. The summed E-state index contributed by atoms with van der Waals surface area (Å²) >= 11 is 0. The van der Waals surface area contributed by atoms with E-state index in [-0.39, 0.29) is 28.7 Å². The molecule has 0 spiro atoms. The first-order chi connectivity index (χ1) is 14.9. The maximum atomic E-state index is 14.0. The van der Waals surface area contributed by atoms with Crippen molar-refractivity contribution in [2.24, 2.45) is 0 Å². The van der Waals surface area contributed by atoms with Gasteiger partial charge in [0.25, 0.3) is 11.4 Å². The molecular weight excluding hydrogens is 413 g/mol. The zero-order valence-electron chi connectivity index (χ0n) is 15.7. The number of pyridine rings is 1. The van der Waals surface area contributed by atoms with Crippen LogP contribution in [0.25, 0.3) is 23.0 Å². The third kappa shape index (κ3) is 4.22. The standard InChI is InChI=1S/C21H13F3N4O3/c22-12-8-9-16(15(24)10-12)25-18(29)11-28-17(6-3-7-19(28)30)21-26-20(27-31-21)13-4-1-2-5-14(13)23/h1-10H,11H2,(H,25,29). The van der Waals surface area contributed by atoms with Crippen molar-refractivity contribution in [3.05, 3.63) is 88.5 Å². The van der Waals surface area contributed by atoms with E-state index in [4.69, 9.17) is 4.52 Å². The fourth-order valence-electron chi connectivity index (χ4n) is 2.87. The largest absolute Gasteiger partial charge is 0.332 e. The number of anilines is 1. The Bertz CT molecular complexity index is 1330. The number of halogens is 3. The molecule has 0 atom stereocenters. The van der Waals surface area contributed by atoms with E-state index in [0.717, 1.165) is 16.7 Å². The summed E-state index contributed by atoms with van der Waals surface area (Å²) in [6, 6.07) is 12.6. The molecule has 156 valence electrons. The van der Waals surface area contributed by atoms with Gasteiger partial charge in [-0.05, 0) is 30.3 Å². The fraction of sp³-hybridized carbons (Fsp3) is 0.0476. The molecule has 0 fully saturated rings. The number of amides is 1. The monoisotopic (exact) mass is 426 g/mol. The number of hydrogen-bond donors (Lipinski definition) is 1. The number of carbonyl (C=O) groups is 1. The van der Waals surface area contributed by atoms with Gasteiger partial charge in [0, 0.05) is 12.1 Å². The van der Waals surface area contributed by atoms with Crippen LogP contribution in [0.2, 0.25) is 0 Å². The molecule has 4 aromatic rings. The summed E-state index contributed by atoms with van der Waals surface area (Å²) in [7, 11) is 0. The summed E-state index contributed by atoms with van der Waals surface area (Å²) in [5, 5.41) is 6.01. The second kappa shape index (κ2) is 8.27. The average molecular weight is 426 g/mol. The Kier molecular flexibility index (Phi) is 5.35. The number of nitrogens with zero attached hydrogens (tertiary/aromatic N) is 3. The van der Waals surface area contributed by atoms with Crippen molar-refractivity contribution < 1.29 is 22.5 Å². The van der Waals surface area contributed by atoms with Gasteiger partial charge < -0.3 is 9.84 Å². The molecule has 0 radical (unpaired) electrons. The van der Waals surface area contributed by atoms with Crippen LogP contribution in [0.3, 0.4) is 0 Å². The first-order valence-electron chi connectivity index (χ1n) is 8.96. The minimum atomic E-state index is -0.958. The molecule has 2 aromatic heterocycles. The molecule has 0 aliphatic carbocycles. The van der Waals surface area contributed by atoms with Crippen LogP contribution >= 0.6 is 0 Å². The van der Waals surface area contributed by atoms with Gasteiger partial charge in [-0.3, -0.25) is 14.2 Å². The lowest BCUT2D eigenvalue weighted by molar-refractivity contribution is -0.116. The van der Waals surface area contributed by atoms with Crippen LogP contribution in [0.5, 0.6) is 0 Å². The van der Waals surface area contributed by atoms with E-state index < -0.39 is 35.5 Å². The third-order valence-electron chi connectivity index (χ3n) is 4.32. The SMILES string of the molecule is O=C(Cn1c(-c2nc(-c3ccccc3F)no2)cccc1=O)Nc1ccc(F)cc1F. The van der Waals surface area contributed by atoms with E-state index >= 15 is 0 Å². The summed E-state index contributed by atoms with van der Waals surface area (Å²) in [6.45, 7) is -0.511. The Hall–Kier alpha value is -4.21. The summed E-state index contributed by atoms with van der Waals surface area (Å²) in [5.41, 5.74) is -0.585. The number of rotatable bonds is 5. The van der Waals surface area contributed by atoms with E-state index in [1.165, 1.54) is 36.4 Å². The van der Waals surface area contributed by atoms with E-state index in [1.54, 1.807) is 6.07 Å². The summed E-state index contributed by atoms with van der Waals surface area (Å²) < 4.78 is 47.0. The number of hydrogen-bond acceptors (Lipinski definition) is 5. The molecule has 4 rings (SSSR count). The molecule has 0 saturated carbocycles. The zero-order valence-corrected chi connectivity index (χ0v) is 15.7. The molecule has 1 amide bonds. The minimum Gasteiger partial charge on any atom is -0.332 e. The quantitative estimate of drug-likeness (QED) is 0.527. The molecule has 2 aromatic carbocycles. The minimum absolute atomic E-state index is 0.0335. The zero-order chi connectivity index (χ0) is 22.0. The van der Waals surface area contributed by atoms with Gasteiger partial charge in [-0.2, -0.15) is 4.98 Å². The summed E-state index contributed by atoms with van der Waals surface area (Å²) in [6.07, 6.45) is 0. The first-order valence-corrected chi connectivity index (χ1v) is 8.96. The maximum Gasteiger partial charge on any atom is 0.274 e. The lowest BCUT2D eigenvalue weighted by Crippen LogP contribution is -2.28. The lowest BCUT2D eigenvalue weighted by Gasteiger charge is -2.11. The number of nitrogens with one attached hydrogen (secondary N) is 1. The van der Waals surface area contributed by atoms with E-state index in [1.807, 2.05) is 0 Å². The predicted molar refractivity (Wildman–Crippen MR) is 104 cm³/mol. The Balaban J connectivity index is 1.63. The van der Waals surface area contributed by atoms with E-state index in [2.05, 4.69) is 15.5 Å². The van der Waals surface area contributed by atoms with Gasteiger partial charge in [-0.25, -0.2) is 13.2 Å². The van der Waals surface area contributed by atoms with Gasteiger partial charge in [0.2, 0.25) is 11.7 Å². The van der Waals surface area contributed by atoms with Crippen LogP contribution in [-0.2, 0) is 11.3 Å². The number of carbonyl (C=O) groups excluding carboxylic acids is 1. The molecule has 2 heterocycles. The molecule has 0 unspecified atom stereocenters. The molecule has 7 nitrogen and oxygen atoms in total. The highest BCUT2D eigenvalue weighted by Gasteiger charge is 2.18. The molecule has 0 bridgehead atoms. The topological polar surface area (TPSA) is 90.0 Å². The molecular formula is C21H13F3N4O3. The maximum absolute atomic E-state index is 14.0. The second-order valence-electron chi connectivity index (χ2n) is 6.41. The van der Waals surface area contributed by atoms with Crippen LogP contribution in [0, 0.1) is 17.5 Å². The predicted octanol–water partition coefficient (Wildman–Crippen LogP) is 3.62. The van der Waals surface area contributed by atoms with Gasteiger partial charge in [-0.1, -0.05) is 23.4 Å². The highest BCUT2D eigenvalue weighted by atomic mass is 19.1. The molecule has 10 heteroatoms. The van der Waals surface area contributed by atoms with Crippen molar-refractivity contribution in [3.8, 4) is 23.0 Å². The summed E-state index contributed by atoms with van der Waals surface area (Å²) in [5.74, 6) is -3.19. The summed E-state index contributed by atoms with van der Waals surface area (Å²) in [4.78, 5) is 28.8. The molecule has 1 N–H and O–H groups in total. The van der Waals surface area contributed by atoms with Gasteiger partial charge in [0.15, 0.2) is 0 Å². The lowest BCUT2D eigenvalue weighted by atomic mass is 10.2. The van der Waals surface area contributed by atoms with E-state index in [9.17, 15) is 22.8 Å². The van der Waals surface area contributed by atoms with Crippen molar-refractivity contribution in [2.45, 2.75) is 6.54 Å². The Morgan fingerprint density at radius 2 is 1.81 bits per heavy atom. The van der Waals surface area contributed by atoms with Crippen LogP contribution < -0.4 is 10.9 Å². The fourth-order valence-corrected chi connectivity index (χ4v) is 2.87. The van der Waals surface area contributed by atoms with Crippen LogP contribution in [-0.4, -0.2) is 20.6 Å². The van der Waals surface area contributed by atoms with Crippen molar-refractivity contribution in [3.63, 3.8) is 0 Å². The van der Waals surface area contributed by atoms with Crippen molar-refractivity contribution in [1.82, 2.24) is 14.7 Å². The molecule has 0 aliphatic rings. The number of aromatic nitrogens is 3. The van der Waals surface area contributed by atoms with Crippen molar-refractivity contribution in [2.75, 3.05) is 5.32 Å². The highest BCUT2D eigenvalue weighted by molar-refractivity contribution is 5.90. The molecule has 0 aliphatic heterocycles. The number of benzene rings is 2. The van der Waals surface area contributed by atoms with Crippen LogP contribution in [0.15, 0.2) is 70.0 Å². The van der Waals surface area contributed by atoms with Crippen LogP contribution in [0.4, 0.5) is 18.9 Å². The average Bonchev–Trinajstić information content (AvgIpc) is 3.22. The Labute approximate surface area is 172 Å². The smallest absolute Gasteiger partial charge is 0.274 e. The van der Waals surface area contributed by atoms with E-state index in [0.29, 0.717) is 6.07 Å². The molecule has 31 heavy (non-hydrogen) atoms. The van der Waals surface area contributed by atoms with Crippen molar-refractivity contribution >= 4 is 11.6 Å². The second-order valence-corrected chi connectivity index (χ2v) is 6.41. The normalized spacial score (nSPS) is 10.8. The molecule has 0 saturated heterocycles. The third-order valence-corrected chi connectivity index (χ3v) is 4.32. The first kappa shape index (κ1) is 20.1. The Morgan fingerprint density at radius 3 is 2.58 bits per heavy atom. The van der Waals surface area contributed by atoms with Gasteiger partial charge in [0.1, 0.15) is 29.7 Å².